The van der Waals surface area contributed by atoms with Crippen LogP contribution in [0.25, 0.3) is 0 Å². The maximum atomic E-state index is 9.18. The minimum atomic E-state index is 0.185. The normalized spacial score (nSPS) is 19.5. The van der Waals surface area contributed by atoms with Gasteiger partial charge in [0.15, 0.2) is 5.82 Å². The molecule has 1 aromatic rings. The Morgan fingerprint density at radius 3 is 3.05 bits per heavy atom. The standard InChI is InChI=1S/C13H22N4O2/c1-2-19-13-11(14)12(15-9-16-13)17-7-4-3-5-10(17)6-8-18/h9-10,18H,2-8,14H2,1H3. The van der Waals surface area contributed by atoms with Gasteiger partial charge >= 0.3 is 0 Å². The lowest BCUT2D eigenvalue weighted by molar-refractivity contribution is 0.262. The van der Waals surface area contributed by atoms with Crippen molar-refractivity contribution in [1.82, 2.24) is 9.97 Å². The maximum absolute atomic E-state index is 9.18. The van der Waals surface area contributed by atoms with Gasteiger partial charge < -0.3 is 20.5 Å². The summed E-state index contributed by atoms with van der Waals surface area (Å²) in [5, 5.41) is 9.18. The Bertz CT molecular complexity index is 412. The zero-order chi connectivity index (χ0) is 13.7. The van der Waals surface area contributed by atoms with Gasteiger partial charge in [-0.2, -0.15) is 4.98 Å². The summed E-state index contributed by atoms with van der Waals surface area (Å²) in [5.41, 5.74) is 6.60. The van der Waals surface area contributed by atoms with Crippen LogP contribution in [0.5, 0.6) is 5.88 Å². The molecule has 0 aromatic carbocycles. The largest absolute Gasteiger partial charge is 0.476 e. The lowest BCUT2D eigenvalue weighted by atomic mass is 9.99. The van der Waals surface area contributed by atoms with Crippen LogP contribution in [-0.4, -0.2) is 40.9 Å². The van der Waals surface area contributed by atoms with Crippen LogP contribution in [0, 0.1) is 0 Å². The van der Waals surface area contributed by atoms with Gasteiger partial charge in [-0.15, -0.1) is 0 Å². The van der Waals surface area contributed by atoms with Crippen molar-refractivity contribution in [3.63, 3.8) is 0 Å². The Kier molecular flexibility index (Phi) is 4.79. The third kappa shape index (κ3) is 3.07. The molecule has 6 nitrogen and oxygen atoms in total. The zero-order valence-corrected chi connectivity index (χ0v) is 11.4. The molecule has 0 saturated carbocycles. The van der Waals surface area contributed by atoms with E-state index in [1.807, 2.05) is 6.92 Å². The highest BCUT2D eigenvalue weighted by Crippen LogP contribution is 2.32. The van der Waals surface area contributed by atoms with E-state index in [1.165, 1.54) is 12.7 Å². The molecule has 0 bridgehead atoms. The molecule has 0 amide bonds. The van der Waals surface area contributed by atoms with Crippen molar-refractivity contribution >= 4 is 11.5 Å². The molecule has 1 saturated heterocycles. The van der Waals surface area contributed by atoms with E-state index in [-0.39, 0.29) is 6.61 Å². The molecular formula is C13H22N4O2. The molecule has 3 N–H and O–H groups in total. The summed E-state index contributed by atoms with van der Waals surface area (Å²) in [6.45, 7) is 3.53. The first kappa shape index (κ1) is 13.9. The molecule has 1 fully saturated rings. The van der Waals surface area contributed by atoms with Gasteiger partial charge in [0.2, 0.25) is 5.88 Å². The second-order valence-corrected chi connectivity index (χ2v) is 4.70. The van der Waals surface area contributed by atoms with E-state index in [9.17, 15) is 5.11 Å². The average molecular weight is 266 g/mol. The third-order valence-electron chi connectivity index (χ3n) is 3.47. The Labute approximate surface area is 113 Å². The van der Waals surface area contributed by atoms with E-state index < -0.39 is 0 Å². The highest BCUT2D eigenvalue weighted by atomic mass is 16.5. The second-order valence-electron chi connectivity index (χ2n) is 4.70. The number of nitrogen functional groups attached to an aromatic ring is 1. The Morgan fingerprint density at radius 1 is 1.47 bits per heavy atom. The van der Waals surface area contributed by atoms with E-state index in [2.05, 4.69) is 14.9 Å². The number of rotatable bonds is 5. The smallest absolute Gasteiger partial charge is 0.242 e. The summed E-state index contributed by atoms with van der Waals surface area (Å²) in [4.78, 5) is 10.5. The molecule has 0 spiro atoms. The van der Waals surface area contributed by atoms with Gasteiger partial charge in [0.1, 0.15) is 12.0 Å². The summed E-state index contributed by atoms with van der Waals surface area (Å²) >= 11 is 0. The molecular weight excluding hydrogens is 244 g/mol. The predicted molar refractivity (Wildman–Crippen MR) is 74.3 cm³/mol. The Balaban J connectivity index is 2.25. The fourth-order valence-electron chi connectivity index (χ4n) is 2.58. The number of piperidine rings is 1. The molecule has 1 aliphatic rings. The van der Waals surface area contributed by atoms with Crippen LogP contribution in [0.1, 0.15) is 32.6 Å². The number of nitrogens with two attached hydrogens (primary N) is 1. The second kappa shape index (κ2) is 6.56. The van der Waals surface area contributed by atoms with Crippen molar-refractivity contribution in [2.24, 2.45) is 0 Å². The minimum absolute atomic E-state index is 0.185. The number of aliphatic hydroxyl groups excluding tert-OH is 1. The minimum Gasteiger partial charge on any atom is -0.476 e. The average Bonchev–Trinajstić information content (AvgIpc) is 2.43. The van der Waals surface area contributed by atoms with Crippen molar-refractivity contribution in [3.8, 4) is 5.88 Å². The molecule has 1 aliphatic heterocycles. The fraction of sp³-hybridized carbons (Fsp3) is 0.692. The molecule has 0 aliphatic carbocycles. The van der Waals surface area contributed by atoms with E-state index in [4.69, 9.17) is 10.5 Å². The predicted octanol–water partition coefficient (Wildman–Crippen LogP) is 1.20. The number of aliphatic hydroxyl groups is 1. The number of ether oxygens (including phenoxy) is 1. The number of hydrogen-bond donors (Lipinski definition) is 2. The van der Waals surface area contributed by atoms with Crippen molar-refractivity contribution < 1.29 is 9.84 Å². The summed E-state index contributed by atoms with van der Waals surface area (Å²) < 4.78 is 5.41. The Morgan fingerprint density at radius 2 is 2.32 bits per heavy atom. The molecule has 1 aromatic heterocycles. The topological polar surface area (TPSA) is 84.5 Å². The number of anilines is 2. The first-order chi connectivity index (χ1) is 9.27. The van der Waals surface area contributed by atoms with Crippen molar-refractivity contribution in [1.29, 1.82) is 0 Å². The van der Waals surface area contributed by atoms with Crippen LogP contribution in [0.15, 0.2) is 6.33 Å². The van der Waals surface area contributed by atoms with Crippen LogP contribution in [0.2, 0.25) is 0 Å². The maximum Gasteiger partial charge on any atom is 0.242 e. The summed E-state index contributed by atoms with van der Waals surface area (Å²) in [6, 6.07) is 0.297. The Hall–Kier alpha value is -1.56. The number of nitrogens with zero attached hydrogens (tertiary/aromatic N) is 3. The van der Waals surface area contributed by atoms with Crippen molar-refractivity contribution in [2.45, 2.75) is 38.6 Å². The van der Waals surface area contributed by atoms with Crippen LogP contribution >= 0.6 is 0 Å². The van der Waals surface area contributed by atoms with Gasteiger partial charge in [0.25, 0.3) is 0 Å². The highest BCUT2D eigenvalue weighted by Gasteiger charge is 2.26. The van der Waals surface area contributed by atoms with Crippen LogP contribution < -0.4 is 15.4 Å². The van der Waals surface area contributed by atoms with Gasteiger partial charge in [0, 0.05) is 19.2 Å². The van der Waals surface area contributed by atoms with Gasteiger partial charge in [-0.3, -0.25) is 0 Å². The SMILES string of the molecule is CCOc1ncnc(N2CCCCC2CCO)c1N. The molecule has 106 valence electrons. The van der Waals surface area contributed by atoms with Gasteiger partial charge in [-0.1, -0.05) is 0 Å². The van der Waals surface area contributed by atoms with Crippen LogP contribution in [-0.2, 0) is 0 Å². The lowest BCUT2D eigenvalue weighted by Crippen LogP contribution is -2.41. The molecule has 1 unspecified atom stereocenters. The van der Waals surface area contributed by atoms with Crippen molar-refractivity contribution in [2.75, 3.05) is 30.4 Å². The summed E-state index contributed by atoms with van der Waals surface area (Å²) in [5.74, 6) is 1.18. The number of aromatic nitrogens is 2. The zero-order valence-electron chi connectivity index (χ0n) is 11.4. The summed E-state index contributed by atoms with van der Waals surface area (Å²) in [7, 11) is 0. The molecule has 1 atom stereocenters. The molecule has 0 radical (unpaired) electrons. The van der Waals surface area contributed by atoms with Crippen molar-refractivity contribution in [3.05, 3.63) is 6.33 Å². The first-order valence-corrected chi connectivity index (χ1v) is 6.88. The lowest BCUT2D eigenvalue weighted by Gasteiger charge is -2.37. The number of hydrogen-bond acceptors (Lipinski definition) is 6. The summed E-state index contributed by atoms with van der Waals surface area (Å²) in [6.07, 6.45) is 5.60. The fourth-order valence-corrected chi connectivity index (χ4v) is 2.58. The molecule has 6 heteroatoms. The highest BCUT2D eigenvalue weighted by molar-refractivity contribution is 5.68. The molecule has 2 rings (SSSR count). The van der Waals surface area contributed by atoms with E-state index in [0.29, 0.717) is 24.2 Å². The monoisotopic (exact) mass is 266 g/mol. The molecule has 2 heterocycles. The van der Waals surface area contributed by atoms with E-state index >= 15 is 0 Å². The van der Waals surface area contributed by atoms with E-state index in [0.717, 1.165) is 31.6 Å². The van der Waals surface area contributed by atoms with Gasteiger partial charge in [-0.25, -0.2) is 4.98 Å². The van der Waals surface area contributed by atoms with E-state index in [1.54, 1.807) is 0 Å². The van der Waals surface area contributed by atoms with Gasteiger partial charge in [-0.05, 0) is 32.6 Å². The molecule has 19 heavy (non-hydrogen) atoms. The third-order valence-corrected chi connectivity index (χ3v) is 3.47. The quantitative estimate of drug-likeness (QED) is 0.833. The van der Waals surface area contributed by atoms with Gasteiger partial charge in [0.05, 0.1) is 6.61 Å². The first-order valence-electron chi connectivity index (χ1n) is 6.88. The van der Waals surface area contributed by atoms with Crippen LogP contribution in [0.4, 0.5) is 11.5 Å². The van der Waals surface area contributed by atoms with Crippen LogP contribution in [0.3, 0.4) is 0 Å².